The fraction of sp³-hybridized carbons (Fsp3) is 0.235. The van der Waals surface area contributed by atoms with E-state index in [1.165, 1.54) is 22.9 Å². The Morgan fingerprint density at radius 2 is 1.86 bits per heavy atom. The number of hydrogen-bond donors (Lipinski definition) is 2. The smallest absolute Gasteiger partial charge is 0.227 e. The number of amides is 1. The standard InChI is InChI=1S/C17H20N2OS/c1-12-7-3-4-8-14(12)13(2)19-15-9-5-6-10-16(15)21-11-17(18)20/h3-10,13,19H,11H2,1-2H3,(H2,18,20). The zero-order valence-corrected chi connectivity index (χ0v) is 13.1. The van der Waals surface area contributed by atoms with Crippen LogP contribution in [0.15, 0.2) is 53.4 Å². The topological polar surface area (TPSA) is 55.1 Å². The third-order valence-electron chi connectivity index (χ3n) is 3.28. The van der Waals surface area contributed by atoms with E-state index in [1.807, 2.05) is 36.4 Å². The summed E-state index contributed by atoms with van der Waals surface area (Å²) in [7, 11) is 0. The lowest BCUT2D eigenvalue weighted by Gasteiger charge is -2.19. The van der Waals surface area contributed by atoms with Gasteiger partial charge in [0.25, 0.3) is 0 Å². The van der Waals surface area contributed by atoms with Gasteiger partial charge in [-0.3, -0.25) is 4.79 Å². The number of primary amides is 1. The van der Waals surface area contributed by atoms with Crippen molar-refractivity contribution in [2.45, 2.75) is 24.8 Å². The molecule has 2 aromatic carbocycles. The average Bonchev–Trinajstić information content (AvgIpc) is 2.46. The largest absolute Gasteiger partial charge is 0.378 e. The van der Waals surface area contributed by atoms with Gasteiger partial charge in [0.2, 0.25) is 5.91 Å². The summed E-state index contributed by atoms with van der Waals surface area (Å²) in [6, 6.07) is 16.5. The highest BCUT2D eigenvalue weighted by Gasteiger charge is 2.10. The van der Waals surface area contributed by atoms with E-state index in [4.69, 9.17) is 5.73 Å². The minimum Gasteiger partial charge on any atom is -0.378 e. The van der Waals surface area contributed by atoms with Crippen molar-refractivity contribution in [3.05, 3.63) is 59.7 Å². The van der Waals surface area contributed by atoms with E-state index in [2.05, 4.69) is 31.3 Å². The molecule has 21 heavy (non-hydrogen) atoms. The number of hydrogen-bond acceptors (Lipinski definition) is 3. The van der Waals surface area contributed by atoms with Crippen LogP contribution in [-0.2, 0) is 4.79 Å². The monoisotopic (exact) mass is 300 g/mol. The summed E-state index contributed by atoms with van der Waals surface area (Å²) in [4.78, 5) is 12.0. The summed E-state index contributed by atoms with van der Waals surface area (Å²) in [6.07, 6.45) is 0. The number of para-hydroxylation sites is 1. The van der Waals surface area contributed by atoms with Crippen LogP contribution >= 0.6 is 11.8 Å². The third-order valence-corrected chi connectivity index (χ3v) is 4.38. The first-order valence-electron chi connectivity index (χ1n) is 6.90. The molecule has 4 heteroatoms. The third kappa shape index (κ3) is 4.26. The van der Waals surface area contributed by atoms with Gasteiger partial charge in [-0.2, -0.15) is 0 Å². The molecule has 0 aliphatic rings. The van der Waals surface area contributed by atoms with Gasteiger partial charge in [-0.1, -0.05) is 36.4 Å². The first-order chi connectivity index (χ1) is 10.1. The van der Waals surface area contributed by atoms with Crippen molar-refractivity contribution in [3.8, 4) is 0 Å². The summed E-state index contributed by atoms with van der Waals surface area (Å²) in [5.74, 6) is -0.0148. The molecule has 1 unspecified atom stereocenters. The first-order valence-corrected chi connectivity index (χ1v) is 7.88. The highest BCUT2D eigenvalue weighted by molar-refractivity contribution is 8.00. The average molecular weight is 300 g/mol. The van der Waals surface area contributed by atoms with Gasteiger partial charge < -0.3 is 11.1 Å². The SMILES string of the molecule is Cc1ccccc1C(C)Nc1ccccc1SCC(N)=O. The number of carbonyl (C=O) groups is 1. The molecular weight excluding hydrogens is 280 g/mol. The van der Waals surface area contributed by atoms with Gasteiger partial charge in [0.15, 0.2) is 0 Å². The van der Waals surface area contributed by atoms with E-state index < -0.39 is 0 Å². The summed E-state index contributed by atoms with van der Waals surface area (Å²) < 4.78 is 0. The van der Waals surface area contributed by atoms with Gasteiger partial charge in [0, 0.05) is 16.6 Å². The number of rotatable bonds is 6. The van der Waals surface area contributed by atoms with E-state index in [1.54, 1.807) is 0 Å². The second-order valence-corrected chi connectivity index (χ2v) is 5.99. The maximum atomic E-state index is 11.0. The molecule has 0 spiro atoms. The van der Waals surface area contributed by atoms with Crippen LogP contribution in [0.5, 0.6) is 0 Å². The molecule has 2 rings (SSSR count). The van der Waals surface area contributed by atoms with Crippen LogP contribution in [0.3, 0.4) is 0 Å². The second kappa shape index (κ2) is 7.18. The molecule has 0 aliphatic carbocycles. The minimum absolute atomic E-state index is 0.196. The molecule has 110 valence electrons. The number of anilines is 1. The lowest BCUT2D eigenvalue weighted by atomic mass is 10.0. The number of nitrogens with one attached hydrogen (secondary N) is 1. The van der Waals surface area contributed by atoms with Crippen LogP contribution in [0.4, 0.5) is 5.69 Å². The molecule has 0 heterocycles. The highest BCUT2D eigenvalue weighted by Crippen LogP contribution is 2.30. The Labute approximate surface area is 129 Å². The minimum atomic E-state index is -0.304. The van der Waals surface area contributed by atoms with Crippen molar-refractivity contribution in [2.75, 3.05) is 11.1 Å². The van der Waals surface area contributed by atoms with Crippen molar-refractivity contribution < 1.29 is 4.79 Å². The van der Waals surface area contributed by atoms with Crippen LogP contribution in [-0.4, -0.2) is 11.7 Å². The Morgan fingerprint density at radius 3 is 2.57 bits per heavy atom. The predicted octanol–water partition coefficient (Wildman–Crippen LogP) is 3.75. The molecule has 0 saturated carbocycles. The van der Waals surface area contributed by atoms with E-state index in [0.717, 1.165) is 10.6 Å². The van der Waals surface area contributed by atoms with Crippen LogP contribution < -0.4 is 11.1 Å². The lowest BCUT2D eigenvalue weighted by molar-refractivity contribution is -0.115. The van der Waals surface area contributed by atoms with Gasteiger partial charge in [0.1, 0.15) is 0 Å². The number of carbonyl (C=O) groups excluding carboxylic acids is 1. The maximum Gasteiger partial charge on any atom is 0.227 e. The van der Waals surface area contributed by atoms with Crippen molar-refractivity contribution >= 4 is 23.4 Å². The Morgan fingerprint density at radius 1 is 1.19 bits per heavy atom. The van der Waals surface area contributed by atoms with Gasteiger partial charge in [-0.05, 0) is 37.1 Å². The first kappa shape index (κ1) is 15.4. The van der Waals surface area contributed by atoms with Gasteiger partial charge in [-0.15, -0.1) is 11.8 Å². The summed E-state index contributed by atoms with van der Waals surface area (Å²) in [6.45, 7) is 4.25. The molecule has 0 bridgehead atoms. The van der Waals surface area contributed by atoms with Crippen LogP contribution in [0.1, 0.15) is 24.1 Å². The van der Waals surface area contributed by atoms with Gasteiger partial charge in [-0.25, -0.2) is 0 Å². The van der Waals surface area contributed by atoms with Crippen molar-refractivity contribution in [1.29, 1.82) is 0 Å². The van der Waals surface area contributed by atoms with Crippen LogP contribution in [0.2, 0.25) is 0 Å². The van der Waals surface area contributed by atoms with E-state index in [0.29, 0.717) is 0 Å². The van der Waals surface area contributed by atoms with Crippen molar-refractivity contribution in [1.82, 2.24) is 0 Å². The number of thioether (sulfide) groups is 1. The van der Waals surface area contributed by atoms with E-state index >= 15 is 0 Å². The van der Waals surface area contributed by atoms with Crippen molar-refractivity contribution in [2.24, 2.45) is 5.73 Å². The molecule has 0 radical (unpaired) electrons. The zero-order valence-electron chi connectivity index (χ0n) is 12.3. The Hall–Kier alpha value is -1.94. The molecule has 0 aromatic heterocycles. The molecule has 1 atom stereocenters. The molecular formula is C17H20N2OS. The molecule has 0 saturated heterocycles. The number of aryl methyl sites for hydroxylation is 1. The van der Waals surface area contributed by atoms with Crippen molar-refractivity contribution in [3.63, 3.8) is 0 Å². The second-order valence-electron chi connectivity index (χ2n) is 4.97. The molecule has 2 aromatic rings. The predicted molar refractivity (Wildman–Crippen MR) is 89.6 cm³/mol. The summed E-state index contributed by atoms with van der Waals surface area (Å²) in [5, 5.41) is 3.52. The van der Waals surface area contributed by atoms with Gasteiger partial charge >= 0.3 is 0 Å². The summed E-state index contributed by atoms with van der Waals surface area (Å²) >= 11 is 1.46. The Bertz CT molecular complexity index is 628. The number of benzene rings is 2. The Balaban J connectivity index is 2.15. The van der Waals surface area contributed by atoms with E-state index in [-0.39, 0.29) is 17.7 Å². The zero-order chi connectivity index (χ0) is 15.2. The van der Waals surface area contributed by atoms with E-state index in [9.17, 15) is 4.79 Å². The molecule has 0 aliphatic heterocycles. The van der Waals surface area contributed by atoms with Gasteiger partial charge in [0.05, 0.1) is 5.75 Å². The quantitative estimate of drug-likeness (QED) is 0.799. The van der Waals surface area contributed by atoms with Crippen LogP contribution in [0.25, 0.3) is 0 Å². The van der Waals surface area contributed by atoms with Crippen LogP contribution in [0, 0.1) is 6.92 Å². The Kier molecular flexibility index (Phi) is 5.28. The molecule has 3 N–H and O–H groups in total. The molecule has 0 fully saturated rings. The molecule has 1 amide bonds. The summed E-state index contributed by atoms with van der Waals surface area (Å²) in [5.41, 5.74) is 8.78. The fourth-order valence-electron chi connectivity index (χ4n) is 2.24. The lowest BCUT2D eigenvalue weighted by Crippen LogP contribution is -2.13. The highest BCUT2D eigenvalue weighted by atomic mass is 32.2. The normalized spacial score (nSPS) is 11.9. The molecule has 3 nitrogen and oxygen atoms in total. The maximum absolute atomic E-state index is 11.0. The fourth-order valence-corrected chi connectivity index (χ4v) is 3.00. The number of nitrogens with two attached hydrogens (primary N) is 1.